The molecule has 2 fully saturated rings. The van der Waals surface area contributed by atoms with Gasteiger partial charge in [0.15, 0.2) is 5.82 Å². The summed E-state index contributed by atoms with van der Waals surface area (Å²) in [5, 5.41) is 4.64. The van der Waals surface area contributed by atoms with Gasteiger partial charge in [-0.25, -0.2) is 0 Å². The molecule has 19 heavy (non-hydrogen) atoms. The molecule has 4 nitrogen and oxygen atoms in total. The summed E-state index contributed by atoms with van der Waals surface area (Å²) in [4.78, 5) is 2.56. The third-order valence-corrected chi connectivity index (χ3v) is 4.88. The zero-order valence-corrected chi connectivity index (χ0v) is 12.2. The first-order chi connectivity index (χ1) is 9.22. The molecular weight excluding hydrogens is 236 g/mol. The molecule has 1 aromatic rings. The third kappa shape index (κ3) is 2.11. The first kappa shape index (κ1) is 12.8. The summed E-state index contributed by atoms with van der Waals surface area (Å²) in [7, 11) is 2.05. The number of nitrogens with zero attached hydrogens (tertiary/aromatic N) is 3. The van der Waals surface area contributed by atoms with E-state index in [9.17, 15) is 0 Å². The number of nitrogen functional groups attached to an aromatic ring is 1. The second-order valence-corrected chi connectivity index (χ2v) is 6.15. The molecule has 1 saturated heterocycles. The maximum absolute atomic E-state index is 6.38. The molecule has 2 atom stereocenters. The molecule has 2 unspecified atom stereocenters. The topological polar surface area (TPSA) is 47.1 Å². The van der Waals surface area contributed by atoms with Crippen molar-refractivity contribution in [1.29, 1.82) is 0 Å². The third-order valence-electron chi connectivity index (χ3n) is 4.88. The number of rotatable bonds is 3. The van der Waals surface area contributed by atoms with Crippen LogP contribution in [0.15, 0.2) is 0 Å². The standard InChI is InChI=1S/C15H26N4/c1-3-6-12-14(16)15(18(2)17-12)19-10-5-8-11-7-4-9-13(11)19/h11,13H,3-10,16H2,1-2H3. The van der Waals surface area contributed by atoms with Crippen LogP contribution in [-0.4, -0.2) is 22.4 Å². The van der Waals surface area contributed by atoms with Crippen molar-refractivity contribution in [1.82, 2.24) is 9.78 Å². The van der Waals surface area contributed by atoms with Crippen molar-refractivity contribution in [3.63, 3.8) is 0 Å². The van der Waals surface area contributed by atoms with E-state index in [1.165, 1.54) is 37.9 Å². The SMILES string of the molecule is CCCc1nn(C)c(N2CCCC3CCCC32)c1N. The lowest BCUT2D eigenvalue weighted by Gasteiger charge is -2.39. The molecule has 2 aliphatic rings. The van der Waals surface area contributed by atoms with Gasteiger partial charge in [-0.2, -0.15) is 5.10 Å². The minimum absolute atomic E-state index is 0.709. The Morgan fingerprint density at radius 3 is 2.84 bits per heavy atom. The molecule has 0 bridgehead atoms. The van der Waals surface area contributed by atoms with E-state index in [-0.39, 0.29) is 0 Å². The van der Waals surface area contributed by atoms with Crippen LogP contribution < -0.4 is 10.6 Å². The van der Waals surface area contributed by atoms with E-state index >= 15 is 0 Å². The van der Waals surface area contributed by atoms with Crippen molar-refractivity contribution in [2.75, 3.05) is 17.2 Å². The van der Waals surface area contributed by atoms with Crippen molar-refractivity contribution in [2.24, 2.45) is 13.0 Å². The lowest BCUT2D eigenvalue weighted by Crippen LogP contribution is -2.43. The van der Waals surface area contributed by atoms with Gasteiger partial charge in [-0.05, 0) is 38.0 Å². The number of hydrogen-bond donors (Lipinski definition) is 1. The fourth-order valence-corrected chi connectivity index (χ4v) is 4.06. The lowest BCUT2D eigenvalue weighted by atomic mass is 9.92. The fourth-order valence-electron chi connectivity index (χ4n) is 4.06. The van der Waals surface area contributed by atoms with Crippen LogP contribution in [0.5, 0.6) is 0 Å². The van der Waals surface area contributed by atoms with Gasteiger partial charge in [0.2, 0.25) is 0 Å². The van der Waals surface area contributed by atoms with E-state index in [1.54, 1.807) is 0 Å². The molecule has 0 spiro atoms. The van der Waals surface area contributed by atoms with Crippen LogP contribution in [0, 0.1) is 5.92 Å². The highest BCUT2D eigenvalue weighted by Gasteiger charge is 2.37. The molecule has 1 aliphatic heterocycles. The summed E-state index contributed by atoms with van der Waals surface area (Å²) in [5.41, 5.74) is 8.39. The molecular formula is C15H26N4. The summed E-state index contributed by atoms with van der Waals surface area (Å²) in [6, 6.07) is 0.709. The molecule has 3 rings (SSSR count). The maximum atomic E-state index is 6.38. The van der Waals surface area contributed by atoms with Crippen molar-refractivity contribution in [3.8, 4) is 0 Å². The number of anilines is 2. The van der Waals surface area contributed by atoms with Crippen LogP contribution in [0.25, 0.3) is 0 Å². The predicted octanol–water partition coefficient (Wildman–Crippen LogP) is 2.72. The minimum Gasteiger partial charge on any atom is -0.394 e. The van der Waals surface area contributed by atoms with Gasteiger partial charge in [0.05, 0.1) is 11.4 Å². The van der Waals surface area contributed by atoms with Crippen LogP contribution in [0.3, 0.4) is 0 Å². The number of aryl methyl sites for hydroxylation is 2. The smallest absolute Gasteiger partial charge is 0.150 e. The van der Waals surface area contributed by atoms with Crippen molar-refractivity contribution in [3.05, 3.63) is 5.69 Å². The van der Waals surface area contributed by atoms with Crippen LogP contribution in [-0.2, 0) is 13.5 Å². The number of piperidine rings is 1. The normalized spacial score (nSPS) is 26.7. The molecule has 0 amide bonds. The summed E-state index contributed by atoms with van der Waals surface area (Å²) in [6.45, 7) is 3.33. The first-order valence-electron chi connectivity index (χ1n) is 7.80. The van der Waals surface area contributed by atoms with Gasteiger partial charge in [-0.15, -0.1) is 0 Å². The van der Waals surface area contributed by atoms with E-state index in [2.05, 4.69) is 16.9 Å². The molecule has 1 aromatic heterocycles. The van der Waals surface area contributed by atoms with Crippen LogP contribution in [0.4, 0.5) is 11.5 Å². The maximum Gasteiger partial charge on any atom is 0.150 e. The van der Waals surface area contributed by atoms with E-state index in [4.69, 9.17) is 5.73 Å². The van der Waals surface area contributed by atoms with Gasteiger partial charge in [0, 0.05) is 19.6 Å². The second kappa shape index (κ2) is 5.06. The zero-order valence-electron chi connectivity index (χ0n) is 12.2. The molecule has 2 N–H and O–H groups in total. The Morgan fingerprint density at radius 1 is 1.26 bits per heavy atom. The zero-order chi connectivity index (χ0) is 13.4. The van der Waals surface area contributed by atoms with Gasteiger partial charge < -0.3 is 10.6 Å². The highest BCUT2D eigenvalue weighted by atomic mass is 15.4. The Bertz CT molecular complexity index is 451. The Balaban J connectivity index is 1.92. The van der Waals surface area contributed by atoms with E-state index < -0.39 is 0 Å². The molecule has 106 valence electrons. The fraction of sp³-hybridized carbons (Fsp3) is 0.800. The number of fused-ring (bicyclic) bond motifs is 1. The van der Waals surface area contributed by atoms with Crippen LogP contribution in [0.1, 0.15) is 51.1 Å². The van der Waals surface area contributed by atoms with Gasteiger partial charge in [0.1, 0.15) is 0 Å². The van der Waals surface area contributed by atoms with Gasteiger partial charge in [-0.1, -0.05) is 19.8 Å². The molecule has 1 aliphatic carbocycles. The van der Waals surface area contributed by atoms with Gasteiger partial charge >= 0.3 is 0 Å². The van der Waals surface area contributed by atoms with E-state index in [1.807, 2.05) is 11.7 Å². The molecule has 0 aromatic carbocycles. The van der Waals surface area contributed by atoms with E-state index in [0.717, 1.165) is 36.7 Å². The molecule has 4 heteroatoms. The molecule has 2 heterocycles. The minimum atomic E-state index is 0.709. The summed E-state index contributed by atoms with van der Waals surface area (Å²) < 4.78 is 2.01. The van der Waals surface area contributed by atoms with Crippen LogP contribution >= 0.6 is 0 Å². The predicted molar refractivity (Wildman–Crippen MR) is 79.3 cm³/mol. The molecule has 0 radical (unpaired) electrons. The van der Waals surface area contributed by atoms with Crippen LogP contribution in [0.2, 0.25) is 0 Å². The Labute approximate surface area is 116 Å². The summed E-state index contributed by atoms with van der Waals surface area (Å²) >= 11 is 0. The number of aromatic nitrogens is 2. The molecule has 1 saturated carbocycles. The number of nitrogens with two attached hydrogens (primary N) is 1. The highest BCUT2D eigenvalue weighted by Crippen LogP contribution is 2.41. The van der Waals surface area contributed by atoms with Crippen molar-refractivity contribution in [2.45, 2.75) is 57.9 Å². The summed E-state index contributed by atoms with van der Waals surface area (Å²) in [5.74, 6) is 2.07. The summed E-state index contributed by atoms with van der Waals surface area (Å²) in [6.07, 6.45) is 8.91. The van der Waals surface area contributed by atoms with Gasteiger partial charge in [-0.3, -0.25) is 4.68 Å². The Hall–Kier alpha value is -1.19. The average Bonchev–Trinajstić information content (AvgIpc) is 2.96. The highest BCUT2D eigenvalue weighted by molar-refractivity contribution is 5.67. The Morgan fingerprint density at radius 2 is 2.05 bits per heavy atom. The van der Waals surface area contributed by atoms with Crippen molar-refractivity contribution < 1.29 is 0 Å². The largest absolute Gasteiger partial charge is 0.394 e. The second-order valence-electron chi connectivity index (χ2n) is 6.15. The quantitative estimate of drug-likeness (QED) is 0.911. The average molecular weight is 262 g/mol. The first-order valence-corrected chi connectivity index (χ1v) is 7.80. The number of hydrogen-bond acceptors (Lipinski definition) is 3. The monoisotopic (exact) mass is 262 g/mol. The van der Waals surface area contributed by atoms with E-state index in [0.29, 0.717) is 6.04 Å². The Kier molecular flexibility index (Phi) is 3.42. The lowest BCUT2D eigenvalue weighted by molar-refractivity contribution is 0.358. The van der Waals surface area contributed by atoms with Crippen molar-refractivity contribution >= 4 is 11.5 Å². The van der Waals surface area contributed by atoms with Gasteiger partial charge in [0.25, 0.3) is 0 Å².